The molecule has 10 nitrogen and oxygen atoms in total. The maximum absolute atomic E-state index is 13.1. The van der Waals surface area contributed by atoms with E-state index in [9.17, 15) is 19.8 Å². The van der Waals surface area contributed by atoms with E-state index in [0.29, 0.717) is 28.7 Å². The summed E-state index contributed by atoms with van der Waals surface area (Å²) in [7, 11) is 0. The van der Waals surface area contributed by atoms with Crippen LogP contribution in [0.1, 0.15) is 55.4 Å². The molecule has 11 heteroatoms. The molecule has 252 valence electrons. The number of esters is 1. The molecule has 1 amide bonds. The second kappa shape index (κ2) is 12.7. The molecule has 5 aromatic rings. The number of hydrogen-bond donors (Lipinski definition) is 5. The minimum Gasteiger partial charge on any atom is -0.508 e. The Labute approximate surface area is 298 Å². The molecule has 5 aromatic carbocycles. The highest BCUT2D eigenvalue weighted by molar-refractivity contribution is 7.80. The fourth-order valence-electron chi connectivity index (χ4n) is 6.77. The van der Waals surface area contributed by atoms with Crippen LogP contribution in [-0.2, 0) is 21.5 Å². The third-order valence-corrected chi connectivity index (χ3v) is 9.32. The van der Waals surface area contributed by atoms with E-state index in [2.05, 4.69) is 27.8 Å². The van der Waals surface area contributed by atoms with Crippen LogP contribution >= 0.6 is 12.2 Å². The van der Waals surface area contributed by atoms with Gasteiger partial charge in [0.2, 0.25) is 0 Å². The highest BCUT2D eigenvalue weighted by atomic mass is 32.1. The Balaban J connectivity index is 0.967. The first-order chi connectivity index (χ1) is 24.8. The second-order valence-corrected chi connectivity index (χ2v) is 12.5. The number of aromatic hydroxyl groups is 2. The van der Waals surface area contributed by atoms with Gasteiger partial charge in [-0.1, -0.05) is 66.4 Å². The fraction of sp³-hybridized carbons (Fsp3) is 0.125. The van der Waals surface area contributed by atoms with Crippen molar-refractivity contribution in [3.05, 3.63) is 148 Å². The maximum Gasteiger partial charge on any atom is 0.407 e. The molecule has 0 fully saturated rings. The van der Waals surface area contributed by atoms with Gasteiger partial charge in [-0.3, -0.25) is 0 Å². The van der Waals surface area contributed by atoms with Gasteiger partial charge in [0.1, 0.15) is 29.0 Å². The molecule has 5 N–H and O–H groups in total. The lowest BCUT2D eigenvalue weighted by molar-refractivity contribution is 0.0224. The Morgan fingerprint density at radius 3 is 2.47 bits per heavy atom. The summed E-state index contributed by atoms with van der Waals surface area (Å²) in [4.78, 5) is 26.1. The molecule has 0 aromatic heterocycles. The predicted octanol–water partition coefficient (Wildman–Crippen LogP) is 6.38. The van der Waals surface area contributed by atoms with Gasteiger partial charge in [0.15, 0.2) is 16.5 Å². The van der Waals surface area contributed by atoms with Crippen molar-refractivity contribution in [3.63, 3.8) is 0 Å². The molecular weight excluding hydrogens is 667 g/mol. The van der Waals surface area contributed by atoms with Gasteiger partial charge < -0.3 is 40.4 Å². The van der Waals surface area contributed by atoms with Crippen molar-refractivity contribution in [1.82, 2.24) is 10.6 Å². The van der Waals surface area contributed by atoms with Crippen molar-refractivity contribution < 1.29 is 34.0 Å². The minimum atomic E-state index is -1.40. The van der Waals surface area contributed by atoms with Gasteiger partial charge in [-0.15, -0.1) is 0 Å². The number of fused-ring (bicyclic) bond motifs is 8. The van der Waals surface area contributed by atoms with Gasteiger partial charge in [0, 0.05) is 53.4 Å². The van der Waals surface area contributed by atoms with Gasteiger partial charge in [-0.2, -0.15) is 0 Å². The van der Waals surface area contributed by atoms with Crippen LogP contribution in [0.2, 0.25) is 0 Å². The van der Waals surface area contributed by atoms with Gasteiger partial charge >= 0.3 is 12.1 Å². The maximum atomic E-state index is 13.1. The summed E-state index contributed by atoms with van der Waals surface area (Å²) in [6.07, 6.45) is -0.658. The zero-order valence-electron chi connectivity index (χ0n) is 26.9. The molecule has 2 aliphatic heterocycles. The van der Waals surface area contributed by atoms with Gasteiger partial charge in [-0.25, -0.2) is 9.59 Å². The summed E-state index contributed by atoms with van der Waals surface area (Å²) >= 11 is 5.56. The van der Waals surface area contributed by atoms with E-state index in [1.807, 2.05) is 54.6 Å². The predicted molar refractivity (Wildman–Crippen MR) is 192 cm³/mol. The van der Waals surface area contributed by atoms with E-state index in [4.69, 9.17) is 26.4 Å². The van der Waals surface area contributed by atoms with Crippen molar-refractivity contribution in [2.24, 2.45) is 0 Å². The summed E-state index contributed by atoms with van der Waals surface area (Å²) in [5, 5.41) is 30.2. The molecule has 2 unspecified atom stereocenters. The number of phenols is 2. The largest absolute Gasteiger partial charge is 0.508 e. The Morgan fingerprint density at radius 2 is 1.59 bits per heavy atom. The molecule has 51 heavy (non-hydrogen) atoms. The monoisotopic (exact) mass is 695 g/mol. The summed E-state index contributed by atoms with van der Waals surface area (Å²) < 4.78 is 18.3. The molecule has 0 saturated carbocycles. The van der Waals surface area contributed by atoms with Crippen molar-refractivity contribution in [3.8, 4) is 34.8 Å². The van der Waals surface area contributed by atoms with Crippen molar-refractivity contribution in [2.45, 2.75) is 18.1 Å². The summed E-state index contributed by atoms with van der Waals surface area (Å²) in [6, 6.07) is 30.2. The number of hydrogen-bond acceptors (Lipinski definition) is 8. The average molecular weight is 696 g/mol. The van der Waals surface area contributed by atoms with E-state index < -0.39 is 23.8 Å². The van der Waals surface area contributed by atoms with Crippen LogP contribution < -0.4 is 20.7 Å². The average Bonchev–Trinajstić information content (AvgIpc) is 3.42. The molecule has 0 radical (unpaired) electrons. The fourth-order valence-corrected chi connectivity index (χ4v) is 6.97. The van der Waals surface area contributed by atoms with E-state index in [0.717, 1.165) is 22.3 Å². The van der Waals surface area contributed by atoms with Crippen molar-refractivity contribution >= 4 is 35.1 Å². The molecule has 2 atom stereocenters. The van der Waals surface area contributed by atoms with Crippen LogP contribution in [0, 0.1) is 11.8 Å². The number of alkyl carbamates (subject to hydrolysis) is 1. The first-order valence-corrected chi connectivity index (χ1v) is 16.6. The molecular formula is C40H29N3O7S. The third-order valence-electron chi connectivity index (χ3n) is 9.07. The van der Waals surface area contributed by atoms with E-state index in [1.54, 1.807) is 30.3 Å². The Bertz CT molecular complexity index is 2330. The van der Waals surface area contributed by atoms with Crippen LogP contribution in [0.3, 0.4) is 0 Å². The number of thiocarbonyl (C=S) groups is 1. The van der Waals surface area contributed by atoms with Crippen LogP contribution in [0.15, 0.2) is 103 Å². The Hall–Kier alpha value is -6.51. The number of carbonyl (C=O) groups excluding carboxylic acids is 2. The number of nitrogens with one attached hydrogen (secondary N) is 3. The lowest BCUT2D eigenvalue weighted by Gasteiger charge is -2.37. The smallest absolute Gasteiger partial charge is 0.407 e. The van der Waals surface area contributed by atoms with Crippen LogP contribution in [0.4, 0.5) is 10.5 Å². The quantitative estimate of drug-likeness (QED) is 0.0463. The third kappa shape index (κ3) is 5.61. The SMILES string of the molecule is O=C(NCCNC(=S)Nc1c(O)ccc2c1Oc1cc(O)ccc1C21OC(=O)c2ccccc21)OC1Cc2ccccc2C#Cc2ccccc21. The lowest BCUT2D eigenvalue weighted by atomic mass is 9.77. The topological polar surface area (TPSA) is 138 Å². The normalized spacial score (nSPS) is 17.3. The number of anilines is 1. The van der Waals surface area contributed by atoms with Crippen molar-refractivity contribution in [2.75, 3.05) is 18.4 Å². The van der Waals surface area contributed by atoms with E-state index in [1.165, 1.54) is 18.2 Å². The number of rotatable bonds is 5. The first kappa shape index (κ1) is 31.7. The molecule has 1 aliphatic carbocycles. The highest BCUT2D eigenvalue weighted by Crippen LogP contribution is 2.59. The molecule has 0 saturated heterocycles. The summed E-state index contributed by atoms with van der Waals surface area (Å²) in [5.41, 5.74) is 4.21. The first-order valence-electron chi connectivity index (χ1n) is 16.2. The van der Waals surface area contributed by atoms with E-state index >= 15 is 0 Å². The number of ether oxygens (including phenoxy) is 3. The minimum absolute atomic E-state index is 0.0555. The van der Waals surface area contributed by atoms with Crippen LogP contribution in [-0.4, -0.2) is 40.5 Å². The summed E-state index contributed by atoms with van der Waals surface area (Å²) in [5.74, 6) is 6.09. The van der Waals surface area contributed by atoms with Gasteiger partial charge in [0.05, 0.1) is 11.1 Å². The number of benzene rings is 5. The highest BCUT2D eigenvalue weighted by Gasteiger charge is 2.54. The van der Waals surface area contributed by atoms with Gasteiger partial charge in [-0.05, 0) is 60.2 Å². The zero-order valence-corrected chi connectivity index (χ0v) is 27.7. The Morgan fingerprint density at radius 1 is 0.863 bits per heavy atom. The zero-order chi connectivity index (χ0) is 35.1. The number of carbonyl (C=O) groups is 2. The Kier molecular flexibility index (Phi) is 7.93. The molecule has 3 aliphatic rings. The molecule has 2 heterocycles. The standard InChI is InChI=1S/C40H29N3O7S/c44-26-15-16-30-34(22-26)48-36-31(40(30)29-12-6-5-11-28(29)37(46)50-40)17-18-32(45)35(36)43-38(51)41-19-20-42-39(47)49-33-21-25-9-2-1-7-23(25)13-14-24-8-3-4-10-27(24)33/h1-12,15-18,22,33,44-45H,19-21H2,(H,42,47)(H2,41,43,51). The molecule has 1 spiro atoms. The van der Waals surface area contributed by atoms with Crippen LogP contribution in [0.5, 0.6) is 23.0 Å². The number of phenolic OH excluding ortho intramolecular Hbond substituents is 2. The number of amides is 1. The van der Waals surface area contributed by atoms with E-state index in [-0.39, 0.29) is 46.9 Å². The van der Waals surface area contributed by atoms with Crippen LogP contribution in [0.25, 0.3) is 0 Å². The molecule has 8 rings (SSSR count). The molecule has 0 bridgehead atoms. The van der Waals surface area contributed by atoms with Crippen molar-refractivity contribution in [1.29, 1.82) is 0 Å². The second-order valence-electron chi connectivity index (χ2n) is 12.1. The summed E-state index contributed by atoms with van der Waals surface area (Å²) in [6.45, 7) is 0.391. The van der Waals surface area contributed by atoms with Gasteiger partial charge in [0.25, 0.3) is 0 Å². The lowest BCUT2D eigenvalue weighted by Crippen LogP contribution is -2.38.